The van der Waals surface area contributed by atoms with E-state index in [1.807, 2.05) is 30.3 Å². The predicted octanol–water partition coefficient (Wildman–Crippen LogP) is 1.19. The monoisotopic (exact) mass is 453 g/mol. The number of benzene rings is 1. The predicted molar refractivity (Wildman–Crippen MR) is 124 cm³/mol. The number of H-pyrrole nitrogens is 1. The van der Waals surface area contributed by atoms with Crippen LogP contribution in [0.4, 0.5) is 0 Å². The number of carbonyl (C=O) groups is 3. The first-order valence-corrected chi connectivity index (χ1v) is 11.5. The van der Waals surface area contributed by atoms with Crippen LogP contribution in [0.2, 0.25) is 0 Å². The molecule has 0 bridgehead atoms. The molecular weight excluding hydrogens is 422 g/mol. The fourth-order valence-corrected chi connectivity index (χ4v) is 4.27. The van der Waals surface area contributed by atoms with Crippen molar-refractivity contribution >= 4 is 28.6 Å². The Hall–Kier alpha value is -3.17. The summed E-state index contributed by atoms with van der Waals surface area (Å²) in [6, 6.07) is 8.90. The first kappa shape index (κ1) is 23.0. The molecule has 1 aromatic carbocycles. The maximum Gasteiger partial charge on any atom is 0.244 e. The van der Waals surface area contributed by atoms with Crippen LogP contribution < -0.4 is 21.3 Å². The van der Waals surface area contributed by atoms with Crippen molar-refractivity contribution < 1.29 is 19.5 Å². The number of hydrogen-bond acceptors (Lipinski definition) is 5. The Kier molecular flexibility index (Phi) is 7.10. The Bertz CT molecular complexity index is 998. The number of aromatic amines is 1. The first-order chi connectivity index (χ1) is 15.9. The van der Waals surface area contributed by atoms with Gasteiger partial charge in [-0.05, 0) is 48.8 Å². The van der Waals surface area contributed by atoms with Gasteiger partial charge in [-0.1, -0.05) is 37.6 Å². The van der Waals surface area contributed by atoms with Crippen LogP contribution in [0.1, 0.15) is 44.0 Å². The lowest BCUT2D eigenvalue weighted by Crippen LogP contribution is -2.55. The second kappa shape index (κ2) is 10.2. The van der Waals surface area contributed by atoms with Crippen LogP contribution in [0.3, 0.4) is 0 Å². The van der Waals surface area contributed by atoms with Crippen molar-refractivity contribution in [1.82, 2.24) is 26.3 Å². The third-order valence-corrected chi connectivity index (χ3v) is 6.29. The lowest BCUT2D eigenvalue weighted by molar-refractivity contribution is -0.128. The van der Waals surface area contributed by atoms with Gasteiger partial charge in [0.15, 0.2) is 0 Å². The highest BCUT2D eigenvalue weighted by atomic mass is 16.3. The number of hydrogen-bond donors (Lipinski definition) is 6. The normalized spacial score (nSPS) is 20.6. The molecule has 0 spiro atoms. The Morgan fingerprint density at radius 2 is 1.97 bits per heavy atom. The molecule has 9 heteroatoms. The van der Waals surface area contributed by atoms with Crippen LogP contribution in [0.25, 0.3) is 10.9 Å². The topological polar surface area (TPSA) is 135 Å². The van der Waals surface area contributed by atoms with Gasteiger partial charge in [0.25, 0.3) is 0 Å². The summed E-state index contributed by atoms with van der Waals surface area (Å²) in [5, 5.41) is 23.2. The van der Waals surface area contributed by atoms with Crippen molar-refractivity contribution in [3.05, 3.63) is 48.7 Å². The average Bonchev–Trinajstić information content (AvgIpc) is 3.36. The molecule has 2 aliphatic rings. The Balaban J connectivity index is 1.44. The van der Waals surface area contributed by atoms with Gasteiger partial charge in [-0.15, -0.1) is 0 Å². The average molecular weight is 454 g/mol. The van der Waals surface area contributed by atoms with E-state index in [0.29, 0.717) is 31.0 Å². The smallest absolute Gasteiger partial charge is 0.244 e. The molecular formula is C24H31N5O4. The van der Waals surface area contributed by atoms with Crippen LogP contribution in [0.5, 0.6) is 0 Å². The van der Waals surface area contributed by atoms with Crippen molar-refractivity contribution in [3.8, 4) is 0 Å². The SMILES string of the molecule is C=CC(=O)N[C@H](C[C@@H]1CCNC1=O)NC(=O)[C@H](CC1CC1)NC(O)c1cc2ccccc2[nH]1. The second-order valence-electron chi connectivity index (χ2n) is 8.90. The van der Waals surface area contributed by atoms with E-state index in [-0.39, 0.29) is 24.2 Å². The zero-order chi connectivity index (χ0) is 23.4. The van der Waals surface area contributed by atoms with Gasteiger partial charge < -0.3 is 26.0 Å². The van der Waals surface area contributed by atoms with E-state index < -0.39 is 24.3 Å². The summed E-state index contributed by atoms with van der Waals surface area (Å²) in [5.41, 5.74) is 1.47. The van der Waals surface area contributed by atoms with Gasteiger partial charge in [0.1, 0.15) is 12.4 Å². The van der Waals surface area contributed by atoms with E-state index >= 15 is 0 Å². The highest BCUT2D eigenvalue weighted by Crippen LogP contribution is 2.34. The Morgan fingerprint density at radius 3 is 2.64 bits per heavy atom. The number of amides is 3. The number of aliphatic hydroxyl groups excluding tert-OH is 1. The molecule has 1 aromatic heterocycles. The fourth-order valence-electron chi connectivity index (χ4n) is 4.27. The zero-order valence-corrected chi connectivity index (χ0v) is 18.5. The molecule has 1 unspecified atom stereocenters. The minimum atomic E-state index is -1.06. The molecule has 2 heterocycles. The lowest BCUT2D eigenvalue weighted by Gasteiger charge is -2.26. The number of carbonyl (C=O) groups excluding carboxylic acids is 3. The van der Waals surface area contributed by atoms with Gasteiger partial charge in [-0.25, -0.2) is 0 Å². The third kappa shape index (κ3) is 6.00. The van der Waals surface area contributed by atoms with Crippen molar-refractivity contribution in [2.75, 3.05) is 6.54 Å². The molecule has 0 radical (unpaired) electrons. The summed E-state index contributed by atoms with van der Waals surface area (Å²) in [6.07, 6.45) is 2.97. The van der Waals surface area contributed by atoms with Crippen LogP contribution >= 0.6 is 0 Å². The Morgan fingerprint density at radius 1 is 1.18 bits per heavy atom. The quantitative estimate of drug-likeness (QED) is 0.224. The highest BCUT2D eigenvalue weighted by molar-refractivity contribution is 5.88. The van der Waals surface area contributed by atoms with E-state index in [1.165, 1.54) is 0 Å². The number of aromatic nitrogens is 1. The molecule has 2 fully saturated rings. The van der Waals surface area contributed by atoms with Gasteiger partial charge in [0.05, 0.1) is 11.7 Å². The summed E-state index contributed by atoms with van der Waals surface area (Å²) in [6.45, 7) is 4.05. The molecule has 1 saturated heterocycles. The Labute approximate surface area is 192 Å². The summed E-state index contributed by atoms with van der Waals surface area (Å²) < 4.78 is 0. The number of nitrogens with one attached hydrogen (secondary N) is 5. The molecule has 1 saturated carbocycles. The van der Waals surface area contributed by atoms with Crippen LogP contribution in [-0.4, -0.2) is 46.6 Å². The van der Waals surface area contributed by atoms with Crippen molar-refractivity contribution in [2.24, 2.45) is 11.8 Å². The standard InChI is InChI=1S/C24H31N5O4/c1-2-21(30)28-20(13-16-9-10-25-22(16)31)29-24(33)18(11-14-7-8-14)27-23(32)19-12-15-5-3-4-6-17(15)26-19/h2-6,12,14,16,18,20,23,26-27,32H,1,7-11,13H2,(H,25,31)(H,28,30)(H,29,33)/t16-,18-,20-,23?/m0/s1. The number of para-hydroxylation sites is 1. The molecule has 2 aromatic rings. The van der Waals surface area contributed by atoms with E-state index in [2.05, 4.69) is 32.8 Å². The molecule has 4 atom stereocenters. The molecule has 6 N–H and O–H groups in total. The maximum atomic E-state index is 13.2. The van der Waals surface area contributed by atoms with Crippen molar-refractivity contribution in [2.45, 2.75) is 50.5 Å². The highest BCUT2D eigenvalue weighted by Gasteiger charge is 2.33. The molecule has 1 aliphatic heterocycles. The maximum absolute atomic E-state index is 13.2. The summed E-state index contributed by atoms with van der Waals surface area (Å²) >= 11 is 0. The number of rotatable bonds is 11. The van der Waals surface area contributed by atoms with E-state index in [0.717, 1.165) is 29.8 Å². The largest absolute Gasteiger partial charge is 0.373 e. The van der Waals surface area contributed by atoms with Crippen LogP contribution in [0, 0.1) is 11.8 Å². The minimum Gasteiger partial charge on any atom is -0.373 e. The molecule has 33 heavy (non-hydrogen) atoms. The van der Waals surface area contributed by atoms with Gasteiger partial charge in [0.2, 0.25) is 17.7 Å². The fraction of sp³-hybridized carbons (Fsp3) is 0.458. The van der Waals surface area contributed by atoms with E-state index in [9.17, 15) is 19.5 Å². The first-order valence-electron chi connectivity index (χ1n) is 11.5. The van der Waals surface area contributed by atoms with Crippen LogP contribution in [-0.2, 0) is 14.4 Å². The molecule has 9 nitrogen and oxygen atoms in total. The second-order valence-corrected chi connectivity index (χ2v) is 8.90. The van der Waals surface area contributed by atoms with E-state index in [4.69, 9.17) is 0 Å². The lowest BCUT2D eigenvalue weighted by atomic mass is 10.0. The van der Waals surface area contributed by atoms with Gasteiger partial charge in [0, 0.05) is 18.0 Å². The van der Waals surface area contributed by atoms with Gasteiger partial charge >= 0.3 is 0 Å². The minimum absolute atomic E-state index is 0.0796. The number of aliphatic hydroxyl groups is 1. The van der Waals surface area contributed by atoms with Gasteiger partial charge in [-0.2, -0.15) is 0 Å². The zero-order valence-electron chi connectivity index (χ0n) is 18.5. The summed E-state index contributed by atoms with van der Waals surface area (Å²) in [5.74, 6) is -0.700. The van der Waals surface area contributed by atoms with Crippen molar-refractivity contribution in [3.63, 3.8) is 0 Å². The van der Waals surface area contributed by atoms with Crippen molar-refractivity contribution in [1.29, 1.82) is 0 Å². The number of fused-ring (bicyclic) bond motifs is 1. The molecule has 1 aliphatic carbocycles. The summed E-state index contributed by atoms with van der Waals surface area (Å²) in [7, 11) is 0. The molecule has 3 amide bonds. The molecule has 4 rings (SSSR count). The van der Waals surface area contributed by atoms with Gasteiger partial charge in [-0.3, -0.25) is 19.7 Å². The van der Waals surface area contributed by atoms with E-state index in [1.54, 1.807) is 0 Å². The summed E-state index contributed by atoms with van der Waals surface area (Å²) in [4.78, 5) is 40.3. The van der Waals surface area contributed by atoms with Crippen LogP contribution in [0.15, 0.2) is 43.0 Å². The third-order valence-electron chi connectivity index (χ3n) is 6.29. The molecule has 176 valence electrons.